The number of ether oxygens (including phenoxy) is 1. The van der Waals surface area contributed by atoms with Crippen molar-refractivity contribution in [3.8, 4) is 5.75 Å². The van der Waals surface area contributed by atoms with Crippen molar-refractivity contribution in [3.05, 3.63) is 22.7 Å². The molecule has 0 saturated carbocycles. The standard InChI is InChI=1S/C11H13BrN2O/c1-15-10-5-4-8(12)7-9(10)14-11-3-2-6-13-11/h4-5,7H,2-3,6H2,1H3,(H,13,14). The Labute approximate surface area is 97.7 Å². The molecule has 15 heavy (non-hydrogen) atoms. The number of hydrogen-bond donors (Lipinski definition) is 1. The lowest BCUT2D eigenvalue weighted by atomic mass is 10.2. The van der Waals surface area contributed by atoms with Crippen LogP contribution < -0.4 is 10.1 Å². The lowest BCUT2D eigenvalue weighted by molar-refractivity contribution is 0.417. The molecular weight excluding hydrogens is 256 g/mol. The summed E-state index contributed by atoms with van der Waals surface area (Å²) < 4.78 is 6.30. The summed E-state index contributed by atoms with van der Waals surface area (Å²) >= 11 is 3.44. The van der Waals surface area contributed by atoms with E-state index in [-0.39, 0.29) is 0 Å². The molecule has 0 spiro atoms. The highest BCUT2D eigenvalue weighted by atomic mass is 79.9. The number of methoxy groups -OCH3 is 1. The Morgan fingerprint density at radius 3 is 3.00 bits per heavy atom. The molecule has 4 heteroatoms. The molecule has 80 valence electrons. The molecule has 1 aliphatic rings. The summed E-state index contributed by atoms with van der Waals surface area (Å²) in [5.74, 6) is 1.89. The van der Waals surface area contributed by atoms with Crippen LogP contribution in [0, 0.1) is 0 Å². The predicted molar refractivity (Wildman–Crippen MR) is 65.9 cm³/mol. The number of halogens is 1. The van der Waals surface area contributed by atoms with Gasteiger partial charge in [0.2, 0.25) is 0 Å². The zero-order chi connectivity index (χ0) is 10.7. The lowest BCUT2D eigenvalue weighted by Crippen LogP contribution is -2.09. The molecule has 0 bridgehead atoms. The first kappa shape index (κ1) is 10.5. The smallest absolute Gasteiger partial charge is 0.142 e. The Bertz CT molecular complexity index is 390. The van der Waals surface area contributed by atoms with Gasteiger partial charge in [0.15, 0.2) is 0 Å². The maximum Gasteiger partial charge on any atom is 0.142 e. The van der Waals surface area contributed by atoms with Crippen molar-refractivity contribution in [1.29, 1.82) is 0 Å². The van der Waals surface area contributed by atoms with Gasteiger partial charge >= 0.3 is 0 Å². The van der Waals surface area contributed by atoms with E-state index in [9.17, 15) is 0 Å². The lowest BCUT2D eigenvalue weighted by Gasteiger charge is -2.11. The predicted octanol–water partition coefficient (Wildman–Crippen LogP) is 3.06. The first-order valence-corrected chi connectivity index (χ1v) is 5.73. The number of nitrogens with zero attached hydrogens (tertiary/aromatic N) is 1. The number of benzene rings is 1. The van der Waals surface area contributed by atoms with E-state index >= 15 is 0 Å². The fourth-order valence-corrected chi connectivity index (χ4v) is 1.94. The van der Waals surface area contributed by atoms with Crippen molar-refractivity contribution in [2.75, 3.05) is 19.0 Å². The van der Waals surface area contributed by atoms with Crippen molar-refractivity contribution in [2.45, 2.75) is 12.8 Å². The molecule has 3 nitrogen and oxygen atoms in total. The van der Waals surface area contributed by atoms with Crippen molar-refractivity contribution >= 4 is 27.5 Å². The van der Waals surface area contributed by atoms with Crippen LogP contribution in [0.15, 0.2) is 27.7 Å². The van der Waals surface area contributed by atoms with E-state index in [0.29, 0.717) is 0 Å². The Morgan fingerprint density at radius 2 is 2.33 bits per heavy atom. The molecule has 1 N–H and O–H groups in total. The summed E-state index contributed by atoms with van der Waals surface area (Å²) in [4.78, 5) is 4.37. The van der Waals surface area contributed by atoms with Gasteiger partial charge < -0.3 is 10.1 Å². The van der Waals surface area contributed by atoms with E-state index in [1.54, 1.807) is 7.11 Å². The van der Waals surface area contributed by atoms with E-state index in [4.69, 9.17) is 4.74 Å². The highest BCUT2D eigenvalue weighted by molar-refractivity contribution is 9.10. The fraction of sp³-hybridized carbons (Fsp3) is 0.364. The topological polar surface area (TPSA) is 33.6 Å². The van der Waals surface area contributed by atoms with Gasteiger partial charge in [-0.3, -0.25) is 4.99 Å². The number of amidine groups is 1. The van der Waals surface area contributed by atoms with Crippen molar-refractivity contribution < 1.29 is 4.74 Å². The molecule has 1 aliphatic heterocycles. The molecule has 0 fully saturated rings. The van der Waals surface area contributed by atoms with E-state index in [2.05, 4.69) is 26.2 Å². The summed E-state index contributed by atoms with van der Waals surface area (Å²) in [6.07, 6.45) is 2.16. The van der Waals surface area contributed by atoms with Gasteiger partial charge in [-0.2, -0.15) is 0 Å². The maximum atomic E-state index is 5.27. The van der Waals surface area contributed by atoms with E-state index < -0.39 is 0 Å². The number of rotatable bonds is 2. The summed E-state index contributed by atoms with van der Waals surface area (Å²) in [5.41, 5.74) is 0.965. The third kappa shape index (κ3) is 2.50. The molecule has 0 aliphatic carbocycles. The second-order valence-electron chi connectivity index (χ2n) is 3.40. The van der Waals surface area contributed by atoms with Crippen LogP contribution in [0.4, 0.5) is 5.69 Å². The summed E-state index contributed by atoms with van der Waals surface area (Å²) in [7, 11) is 1.67. The van der Waals surface area contributed by atoms with Gasteiger partial charge in [0.25, 0.3) is 0 Å². The monoisotopic (exact) mass is 268 g/mol. The van der Waals surface area contributed by atoms with Gasteiger partial charge in [-0.1, -0.05) is 15.9 Å². The Hall–Kier alpha value is -1.03. The van der Waals surface area contributed by atoms with Gasteiger partial charge in [-0.05, 0) is 24.6 Å². The van der Waals surface area contributed by atoms with Crippen LogP contribution in [0.25, 0.3) is 0 Å². The number of anilines is 1. The fourth-order valence-electron chi connectivity index (χ4n) is 1.57. The van der Waals surface area contributed by atoms with E-state index in [1.807, 2.05) is 18.2 Å². The second-order valence-corrected chi connectivity index (χ2v) is 4.32. The quantitative estimate of drug-likeness (QED) is 0.895. The Balaban J connectivity index is 2.21. The average Bonchev–Trinajstić information content (AvgIpc) is 2.71. The van der Waals surface area contributed by atoms with Crippen LogP contribution in [-0.2, 0) is 0 Å². The minimum Gasteiger partial charge on any atom is -0.495 e. The van der Waals surface area contributed by atoms with Crippen molar-refractivity contribution in [2.24, 2.45) is 4.99 Å². The third-order valence-corrected chi connectivity index (χ3v) is 2.81. The molecule has 1 aromatic rings. The van der Waals surface area contributed by atoms with Crippen molar-refractivity contribution in [3.63, 3.8) is 0 Å². The number of nitrogens with one attached hydrogen (secondary N) is 1. The van der Waals surface area contributed by atoms with Crippen LogP contribution in [-0.4, -0.2) is 19.5 Å². The van der Waals surface area contributed by atoms with Crippen LogP contribution >= 0.6 is 15.9 Å². The first-order valence-electron chi connectivity index (χ1n) is 4.93. The SMILES string of the molecule is COc1ccc(Br)cc1NC1=NCCC1. The van der Waals surface area contributed by atoms with Crippen LogP contribution in [0.5, 0.6) is 5.75 Å². The zero-order valence-corrected chi connectivity index (χ0v) is 10.2. The molecule has 1 aromatic carbocycles. The highest BCUT2D eigenvalue weighted by Gasteiger charge is 2.09. The van der Waals surface area contributed by atoms with Gasteiger partial charge in [-0.25, -0.2) is 0 Å². The number of aliphatic imine (C=N–C) groups is 1. The van der Waals surface area contributed by atoms with Crippen LogP contribution in [0.1, 0.15) is 12.8 Å². The summed E-state index contributed by atoms with van der Waals surface area (Å²) in [5, 5.41) is 3.30. The summed E-state index contributed by atoms with van der Waals surface area (Å²) in [6.45, 7) is 0.929. The Morgan fingerprint density at radius 1 is 1.47 bits per heavy atom. The van der Waals surface area contributed by atoms with Gasteiger partial charge in [0.1, 0.15) is 11.6 Å². The maximum absolute atomic E-state index is 5.27. The highest BCUT2D eigenvalue weighted by Crippen LogP contribution is 2.28. The van der Waals surface area contributed by atoms with Gasteiger partial charge in [-0.15, -0.1) is 0 Å². The Kier molecular flexibility index (Phi) is 3.26. The molecule has 0 unspecified atom stereocenters. The summed E-state index contributed by atoms with van der Waals surface area (Å²) in [6, 6.07) is 5.89. The third-order valence-electron chi connectivity index (χ3n) is 2.31. The molecule has 0 amide bonds. The molecule has 0 radical (unpaired) electrons. The van der Waals surface area contributed by atoms with Crippen LogP contribution in [0.3, 0.4) is 0 Å². The van der Waals surface area contributed by atoms with Gasteiger partial charge in [0, 0.05) is 17.4 Å². The molecule has 0 saturated heterocycles. The van der Waals surface area contributed by atoms with E-state index in [0.717, 1.165) is 41.1 Å². The van der Waals surface area contributed by atoms with Crippen LogP contribution in [0.2, 0.25) is 0 Å². The molecular formula is C11H13BrN2O. The minimum atomic E-state index is 0.841. The first-order chi connectivity index (χ1) is 7.29. The normalized spacial score (nSPS) is 14.9. The molecule has 0 atom stereocenters. The van der Waals surface area contributed by atoms with E-state index in [1.165, 1.54) is 0 Å². The molecule has 1 heterocycles. The minimum absolute atomic E-state index is 0.841. The zero-order valence-electron chi connectivity index (χ0n) is 8.59. The average molecular weight is 269 g/mol. The second kappa shape index (κ2) is 4.66. The number of hydrogen-bond acceptors (Lipinski definition) is 3. The van der Waals surface area contributed by atoms with Gasteiger partial charge in [0.05, 0.1) is 12.8 Å². The largest absolute Gasteiger partial charge is 0.495 e. The molecule has 2 rings (SSSR count). The van der Waals surface area contributed by atoms with Crippen molar-refractivity contribution in [1.82, 2.24) is 0 Å². The molecule has 0 aromatic heterocycles.